The van der Waals surface area contributed by atoms with Gasteiger partial charge in [-0.2, -0.15) is 4.40 Å². The molecule has 0 atom stereocenters. The zero-order chi connectivity index (χ0) is 21.1. The summed E-state index contributed by atoms with van der Waals surface area (Å²) in [6.45, 7) is 1.90. The normalized spacial score (nSPS) is 11.6. The number of nitrogens with zero attached hydrogens (tertiary/aromatic N) is 1. The van der Waals surface area contributed by atoms with Gasteiger partial charge in [-0.3, -0.25) is 0 Å². The Kier molecular flexibility index (Phi) is 8.19. The van der Waals surface area contributed by atoms with Crippen LogP contribution in [0.2, 0.25) is 0 Å². The van der Waals surface area contributed by atoms with E-state index in [0.29, 0.717) is 11.3 Å². The van der Waals surface area contributed by atoms with Gasteiger partial charge in [0.2, 0.25) is 0 Å². The Bertz CT molecular complexity index is 1060. The molecule has 0 radical (unpaired) electrons. The minimum atomic E-state index is -3.76. The average molecular weight is 411 g/mol. The van der Waals surface area contributed by atoms with Gasteiger partial charge in [0.25, 0.3) is 10.0 Å². The van der Waals surface area contributed by atoms with Gasteiger partial charge >= 0.3 is 5.97 Å². The molecule has 0 heterocycles. The van der Waals surface area contributed by atoms with Crippen LogP contribution < -0.4 is 4.74 Å². The highest BCUT2D eigenvalue weighted by Gasteiger charge is 2.13. The van der Waals surface area contributed by atoms with Crippen LogP contribution in [0.15, 0.2) is 65.1 Å². The number of sulfonamides is 1. The highest BCUT2D eigenvalue weighted by atomic mass is 32.2. The fourth-order valence-corrected chi connectivity index (χ4v) is 2.70. The van der Waals surface area contributed by atoms with Crippen molar-refractivity contribution < 1.29 is 22.7 Å². The molecule has 0 aliphatic rings. The van der Waals surface area contributed by atoms with Crippen molar-refractivity contribution in [3.8, 4) is 17.6 Å². The van der Waals surface area contributed by atoms with Crippen LogP contribution in [0.5, 0.6) is 5.75 Å². The molecule has 0 saturated heterocycles. The molecule has 2 aromatic carbocycles. The first-order valence-electron chi connectivity index (χ1n) is 8.80. The summed E-state index contributed by atoms with van der Waals surface area (Å²) in [5, 5.41) is 0. The molecule has 2 aromatic rings. The zero-order valence-electron chi connectivity index (χ0n) is 16.2. The van der Waals surface area contributed by atoms with E-state index in [9.17, 15) is 13.2 Å². The van der Waals surface area contributed by atoms with Crippen LogP contribution in [0, 0.1) is 11.8 Å². The molecule has 0 fully saturated rings. The van der Waals surface area contributed by atoms with Gasteiger partial charge in [0, 0.05) is 11.1 Å². The van der Waals surface area contributed by atoms with E-state index < -0.39 is 16.0 Å². The number of ether oxygens (including phenoxy) is 2. The van der Waals surface area contributed by atoms with Crippen molar-refractivity contribution in [3.63, 3.8) is 0 Å². The van der Waals surface area contributed by atoms with E-state index in [-0.39, 0.29) is 18.9 Å². The Labute approximate surface area is 170 Å². The first-order valence-corrected chi connectivity index (χ1v) is 10.6. The predicted molar refractivity (Wildman–Crippen MR) is 113 cm³/mol. The minimum Gasteiger partial charge on any atom is -0.480 e. The van der Waals surface area contributed by atoms with E-state index in [0.717, 1.165) is 11.8 Å². The summed E-state index contributed by atoms with van der Waals surface area (Å²) in [5.74, 6) is 5.65. The summed E-state index contributed by atoms with van der Waals surface area (Å²) < 4.78 is 36.9. The lowest BCUT2D eigenvalue weighted by atomic mass is 10.1. The molecule has 6 nitrogen and oxygen atoms in total. The first kappa shape index (κ1) is 21.9. The summed E-state index contributed by atoms with van der Waals surface area (Å²) in [4.78, 5) is 12.0. The maximum absolute atomic E-state index is 12.0. The van der Waals surface area contributed by atoms with Crippen molar-refractivity contribution in [2.24, 2.45) is 4.40 Å². The molecule has 0 spiro atoms. The number of hydrogen-bond donors (Lipinski definition) is 0. The summed E-state index contributed by atoms with van der Waals surface area (Å²) in [6.07, 6.45) is 3.74. The molecule has 150 valence electrons. The van der Waals surface area contributed by atoms with Gasteiger partial charge in [-0.15, -0.1) is 0 Å². The van der Waals surface area contributed by atoms with Crippen molar-refractivity contribution in [3.05, 3.63) is 71.8 Å². The summed E-state index contributed by atoms with van der Waals surface area (Å²) in [6, 6.07) is 16.6. The van der Waals surface area contributed by atoms with Gasteiger partial charge in [-0.05, 0) is 37.3 Å². The Balaban J connectivity index is 2.17. The molecular formula is C22H21NO5S. The Morgan fingerprint density at radius 1 is 1.10 bits per heavy atom. The Hall–Kier alpha value is -3.37. The van der Waals surface area contributed by atoms with E-state index in [2.05, 4.69) is 16.2 Å². The molecule has 0 amide bonds. The highest BCUT2D eigenvalue weighted by Crippen LogP contribution is 2.19. The van der Waals surface area contributed by atoms with E-state index in [1.54, 1.807) is 37.3 Å². The van der Waals surface area contributed by atoms with E-state index in [1.165, 1.54) is 6.08 Å². The summed E-state index contributed by atoms with van der Waals surface area (Å²) >= 11 is 0. The fourth-order valence-electron chi connectivity index (χ4n) is 2.21. The van der Waals surface area contributed by atoms with Gasteiger partial charge in [0.15, 0.2) is 5.71 Å². The van der Waals surface area contributed by atoms with E-state index in [4.69, 9.17) is 9.47 Å². The molecule has 0 N–H and O–H groups in total. The molecule has 0 aromatic heterocycles. The van der Waals surface area contributed by atoms with Crippen LogP contribution in [0.25, 0.3) is 6.08 Å². The third kappa shape index (κ3) is 8.03. The topological polar surface area (TPSA) is 82.0 Å². The number of carbonyl (C=O) groups is 1. The van der Waals surface area contributed by atoms with Crippen LogP contribution in [0.1, 0.15) is 18.1 Å². The predicted octanol–water partition coefficient (Wildman–Crippen LogP) is 3.09. The quantitative estimate of drug-likeness (QED) is 0.397. The largest absolute Gasteiger partial charge is 0.480 e. The van der Waals surface area contributed by atoms with Gasteiger partial charge in [0.1, 0.15) is 12.4 Å². The van der Waals surface area contributed by atoms with E-state index in [1.807, 2.05) is 30.3 Å². The van der Waals surface area contributed by atoms with Crippen molar-refractivity contribution in [2.75, 3.05) is 19.5 Å². The molecular weight excluding hydrogens is 390 g/mol. The minimum absolute atomic E-state index is 0.106. The lowest BCUT2D eigenvalue weighted by Gasteiger charge is -2.06. The number of esters is 1. The van der Waals surface area contributed by atoms with Crippen LogP contribution >= 0.6 is 0 Å². The molecule has 0 bridgehead atoms. The number of hydrogen-bond acceptors (Lipinski definition) is 5. The fraction of sp³-hybridized carbons (Fsp3) is 0.182. The molecule has 0 unspecified atom stereocenters. The second-order valence-electron chi connectivity index (χ2n) is 5.76. The van der Waals surface area contributed by atoms with Crippen LogP contribution in [-0.4, -0.2) is 39.6 Å². The lowest BCUT2D eigenvalue weighted by molar-refractivity contribution is -0.134. The number of carbonyl (C=O) groups excluding carboxylic acids is 1. The van der Waals surface area contributed by atoms with Crippen LogP contribution in [0.3, 0.4) is 0 Å². The molecule has 0 aliphatic heterocycles. The third-order valence-electron chi connectivity index (χ3n) is 3.39. The monoisotopic (exact) mass is 411 g/mol. The van der Waals surface area contributed by atoms with Crippen LogP contribution in [0.4, 0.5) is 0 Å². The first-order chi connectivity index (χ1) is 13.9. The maximum Gasteiger partial charge on any atom is 0.357 e. The average Bonchev–Trinajstić information content (AvgIpc) is 2.69. The number of benzene rings is 2. The van der Waals surface area contributed by atoms with Gasteiger partial charge in [-0.1, -0.05) is 48.2 Å². The van der Waals surface area contributed by atoms with Crippen LogP contribution in [-0.2, 0) is 19.6 Å². The van der Waals surface area contributed by atoms with Crippen molar-refractivity contribution >= 4 is 27.8 Å². The van der Waals surface area contributed by atoms with Crippen molar-refractivity contribution in [1.82, 2.24) is 0 Å². The molecule has 7 heteroatoms. The third-order valence-corrected chi connectivity index (χ3v) is 3.92. The Morgan fingerprint density at radius 3 is 2.48 bits per heavy atom. The maximum atomic E-state index is 12.0. The van der Waals surface area contributed by atoms with Gasteiger partial charge < -0.3 is 9.47 Å². The van der Waals surface area contributed by atoms with E-state index >= 15 is 0 Å². The standard InChI is InChI=1S/C22H21NO5S/c1-3-27-22(24)20(23-29(2,25)26)16-15-19-13-7-8-14-21(19)28-17-9-12-18-10-5-4-6-11-18/h4-8,10-11,13-16H,3,17H2,1-2H3/b16-15+,23-20-. The number of para-hydroxylation sites is 1. The second-order valence-corrected chi connectivity index (χ2v) is 7.41. The molecule has 0 aliphatic carbocycles. The van der Waals surface area contributed by atoms with Crippen molar-refractivity contribution in [2.45, 2.75) is 6.92 Å². The highest BCUT2D eigenvalue weighted by molar-refractivity contribution is 7.89. The Morgan fingerprint density at radius 2 is 1.79 bits per heavy atom. The number of rotatable bonds is 7. The lowest BCUT2D eigenvalue weighted by Crippen LogP contribution is -2.17. The van der Waals surface area contributed by atoms with Gasteiger partial charge in [-0.25, -0.2) is 13.2 Å². The van der Waals surface area contributed by atoms with Gasteiger partial charge in [0.05, 0.1) is 12.9 Å². The summed E-state index contributed by atoms with van der Waals surface area (Å²) in [7, 11) is -3.76. The van der Waals surface area contributed by atoms with Crippen molar-refractivity contribution in [1.29, 1.82) is 0 Å². The second kappa shape index (κ2) is 10.8. The molecule has 2 rings (SSSR count). The molecule has 0 saturated carbocycles. The zero-order valence-corrected chi connectivity index (χ0v) is 17.0. The molecule has 29 heavy (non-hydrogen) atoms. The SMILES string of the molecule is CCOC(=O)C(/C=C/c1ccccc1OCC#Cc1ccccc1)=N\S(C)(=O)=O. The summed E-state index contributed by atoms with van der Waals surface area (Å²) in [5.41, 5.74) is 1.22. The smallest absolute Gasteiger partial charge is 0.357 e.